The van der Waals surface area contributed by atoms with E-state index in [1.165, 1.54) is 7.11 Å². The van der Waals surface area contributed by atoms with Crippen LogP contribution in [0.25, 0.3) is 6.08 Å². The molecule has 0 aliphatic carbocycles. The fourth-order valence-corrected chi connectivity index (χ4v) is 3.12. The number of benzene rings is 2. The lowest BCUT2D eigenvalue weighted by atomic mass is 10.0. The van der Waals surface area contributed by atoms with E-state index >= 15 is 0 Å². The largest absolute Gasteiger partial charge is 0.497 e. The minimum absolute atomic E-state index is 0.255. The van der Waals surface area contributed by atoms with Gasteiger partial charge in [-0.25, -0.2) is 4.79 Å². The van der Waals surface area contributed by atoms with Gasteiger partial charge in [-0.3, -0.25) is 9.69 Å². The van der Waals surface area contributed by atoms with Crippen molar-refractivity contribution < 1.29 is 19.1 Å². The van der Waals surface area contributed by atoms with Gasteiger partial charge in [0.1, 0.15) is 5.75 Å². The predicted molar refractivity (Wildman–Crippen MR) is 104 cm³/mol. The molecule has 0 bridgehead atoms. The van der Waals surface area contributed by atoms with Crippen molar-refractivity contribution in [2.45, 2.75) is 13.8 Å². The first-order valence-corrected chi connectivity index (χ1v) is 8.52. The average molecular weight is 363 g/mol. The number of carbonyl (C=O) groups excluding carboxylic acids is 2. The minimum atomic E-state index is -0.532. The van der Waals surface area contributed by atoms with Gasteiger partial charge in [0.25, 0.3) is 5.91 Å². The molecule has 27 heavy (non-hydrogen) atoms. The van der Waals surface area contributed by atoms with Gasteiger partial charge in [-0.2, -0.15) is 0 Å². The van der Waals surface area contributed by atoms with Gasteiger partial charge < -0.3 is 9.47 Å². The number of hydrogen-bond donors (Lipinski definition) is 0. The SMILES string of the molecule is COC(=O)C1=C(C)N(c2cccc(C)c2)C(=O)/C1=C\c1ccc(OC)cc1. The second kappa shape index (κ2) is 7.50. The summed E-state index contributed by atoms with van der Waals surface area (Å²) < 4.78 is 10.1. The summed E-state index contributed by atoms with van der Waals surface area (Å²) in [5.41, 5.74) is 3.68. The van der Waals surface area contributed by atoms with Crippen LogP contribution >= 0.6 is 0 Å². The summed E-state index contributed by atoms with van der Waals surface area (Å²) in [6.07, 6.45) is 1.70. The van der Waals surface area contributed by atoms with Crippen LogP contribution in [0.5, 0.6) is 5.75 Å². The summed E-state index contributed by atoms with van der Waals surface area (Å²) in [6, 6.07) is 14.9. The molecule has 2 aromatic rings. The highest BCUT2D eigenvalue weighted by atomic mass is 16.5. The summed E-state index contributed by atoms with van der Waals surface area (Å²) >= 11 is 0. The van der Waals surface area contributed by atoms with Crippen LogP contribution in [0, 0.1) is 6.92 Å². The molecule has 0 radical (unpaired) electrons. The minimum Gasteiger partial charge on any atom is -0.497 e. The van der Waals surface area contributed by atoms with Crippen molar-refractivity contribution in [2.75, 3.05) is 19.1 Å². The molecule has 0 unspecified atom stereocenters. The average Bonchev–Trinajstić information content (AvgIpc) is 2.91. The Kier molecular flexibility index (Phi) is 5.12. The standard InChI is InChI=1S/C22H21NO4/c1-14-6-5-7-17(12-14)23-15(2)20(22(25)27-4)19(21(23)24)13-16-8-10-18(26-3)11-9-16/h5-13H,1-4H3/b19-13-. The highest BCUT2D eigenvalue weighted by molar-refractivity contribution is 6.23. The molecule has 138 valence electrons. The molecule has 1 heterocycles. The molecule has 0 atom stereocenters. The number of esters is 1. The Morgan fingerprint density at radius 1 is 1.04 bits per heavy atom. The van der Waals surface area contributed by atoms with Crippen LogP contribution in [0.15, 0.2) is 65.4 Å². The molecule has 0 saturated carbocycles. The Labute approximate surface area is 158 Å². The van der Waals surface area contributed by atoms with Gasteiger partial charge in [-0.1, -0.05) is 24.3 Å². The summed E-state index contributed by atoms with van der Waals surface area (Å²) in [5.74, 6) is -0.0683. The van der Waals surface area contributed by atoms with Crippen molar-refractivity contribution in [3.05, 3.63) is 76.5 Å². The number of anilines is 1. The number of methoxy groups -OCH3 is 2. The third-order valence-corrected chi connectivity index (χ3v) is 4.48. The summed E-state index contributed by atoms with van der Waals surface area (Å²) in [4.78, 5) is 27.1. The number of rotatable bonds is 4. The quantitative estimate of drug-likeness (QED) is 0.611. The first-order valence-electron chi connectivity index (χ1n) is 8.52. The van der Waals surface area contributed by atoms with Gasteiger partial charge >= 0.3 is 5.97 Å². The Balaban J connectivity index is 2.10. The van der Waals surface area contributed by atoms with Crippen LogP contribution < -0.4 is 9.64 Å². The second-order valence-corrected chi connectivity index (χ2v) is 6.26. The number of amides is 1. The zero-order valence-corrected chi connectivity index (χ0v) is 15.8. The number of carbonyl (C=O) groups is 2. The summed E-state index contributed by atoms with van der Waals surface area (Å²) in [7, 11) is 2.91. The topological polar surface area (TPSA) is 55.8 Å². The molecule has 1 aliphatic heterocycles. The molecule has 3 rings (SSSR count). The smallest absolute Gasteiger partial charge is 0.340 e. The number of nitrogens with zero attached hydrogens (tertiary/aromatic N) is 1. The molecule has 0 aromatic heterocycles. The Hall–Kier alpha value is -3.34. The predicted octanol–water partition coefficient (Wildman–Crippen LogP) is 3.88. The monoisotopic (exact) mass is 363 g/mol. The van der Waals surface area contributed by atoms with Crippen LogP contribution in [0.4, 0.5) is 5.69 Å². The van der Waals surface area contributed by atoms with E-state index in [1.54, 1.807) is 37.1 Å². The van der Waals surface area contributed by atoms with Crippen molar-refractivity contribution in [3.63, 3.8) is 0 Å². The Morgan fingerprint density at radius 2 is 1.74 bits per heavy atom. The number of allylic oxidation sites excluding steroid dienone is 1. The van der Waals surface area contributed by atoms with Gasteiger partial charge in [0.15, 0.2) is 0 Å². The highest BCUT2D eigenvalue weighted by Crippen LogP contribution is 2.35. The number of aryl methyl sites for hydroxylation is 1. The second-order valence-electron chi connectivity index (χ2n) is 6.26. The van der Waals surface area contributed by atoms with E-state index in [9.17, 15) is 9.59 Å². The van der Waals surface area contributed by atoms with E-state index in [4.69, 9.17) is 9.47 Å². The van der Waals surface area contributed by atoms with E-state index in [0.29, 0.717) is 11.3 Å². The van der Waals surface area contributed by atoms with Crippen molar-refractivity contribution in [1.82, 2.24) is 0 Å². The van der Waals surface area contributed by atoms with Crippen LogP contribution in [-0.4, -0.2) is 26.1 Å². The van der Waals surface area contributed by atoms with Gasteiger partial charge in [-0.15, -0.1) is 0 Å². The van der Waals surface area contributed by atoms with E-state index < -0.39 is 5.97 Å². The molecule has 0 saturated heterocycles. The first kappa shape index (κ1) is 18.5. The maximum Gasteiger partial charge on any atom is 0.340 e. The van der Waals surface area contributed by atoms with Crippen molar-refractivity contribution >= 4 is 23.6 Å². The van der Waals surface area contributed by atoms with Gasteiger partial charge in [0, 0.05) is 11.4 Å². The lowest BCUT2D eigenvalue weighted by Gasteiger charge is -2.18. The molecule has 1 aliphatic rings. The Morgan fingerprint density at radius 3 is 2.33 bits per heavy atom. The van der Waals surface area contributed by atoms with E-state index in [-0.39, 0.29) is 11.5 Å². The van der Waals surface area contributed by atoms with E-state index in [1.807, 2.05) is 43.3 Å². The molecule has 5 heteroatoms. The van der Waals surface area contributed by atoms with Crippen LogP contribution in [0.2, 0.25) is 0 Å². The van der Waals surface area contributed by atoms with Crippen molar-refractivity contribution in [2.24, 2.45) is 0 Å². The molecule has 0 spiro atoms. The third-order valence-electron chi connectivity index (χ3n) is 4.48. The highest BCUT2D eigenvalue weighted by Gasteiger charge is 2.37. The molecule has 1 amide bonds. The Bertz CT molecular complexity index is 955. The van der Waals surface area contributed by atoms with Crippen LogP contribution in [-0.2, 0) is 14.3 Å². The first-order chi connectivity index (χ1) is 13.0. The van der Waals surface area contributed by atoms with Crippen molar-refractivity contribution in [1.29, 1.82) is 0 Å². The van der Waals surface area contributed by atoms with Crippen LogP contribution in [0.1, 0.15) is 18.1 Å². The van der Waals surface area contributed by atoms with Gasteiger partial charge in [0.2, 0.25) is 0 Å². The molecule has 0 N–H and O–H groups in total. The maximum absolute atomic E-state index is 13.2. The maximum atomic E-state index is 13.2. The summed E-state index contributed by atoms with van der Waals surface area (Å²) in [6.45, 7) is 3.71. The van der Waals surface area contributed by atoms with Gasteiger partial charge in [-0.05, 0) is 55.3 Å². The molecule has 5 nitrogen and oxygen atoms in total. The molecular weight excluding hydrogens is 342 g/mol. The number of hydrogen-bond acceptors (Lipinski definition) is 4. The lowest BCUT2D eigenvalue weighted by molar-refractivity contribution is -0.136. The van der Waals surface area contributed by atoms with Crippen molar-refractivity contribution in [3.8, 4) is 5.75 Å². The fraction of sp³-hybridized carbons (Fsp3) is 0.182. The van der Waals surface area contributed by atoms with Crippen LogP contribution in [0.3, 0.4) is 0 Å². The summed E-state index contributed by atoms with van der Waals surface area (Å²) in [5, 5.41) is 0. The molecule has 2 aromatic carbocycles. The van der Waals surface area contributed by atoms with Gasteiger partial charge in [0.05, 0.1) is 25.4 Å². The normalized spacial score (nSPS) is 15.5. The zero-order valence-electron chi connectivity index (χ0n) is 15.8. The fourth-order valence-electron chi connectivity index (χ4n) is 3.12. The molecular formula is C22H21NO4. The third kappa shape index (κ3) is 3.49. The number of ether oxygens (including phenoxy) is 2. The lowest BCUT2D eigenvalue weighted by Crippen LogP contribution is -2.24. The van der Waals surface area contributed by atoms with E-state index in [0.717, 1.165) is 22.6 Å². The zero-order chi connectivity index (χ0) is 19.6. The van der Waals surface area contributed by atoms with E-state index in [2.05, 4.69) is 0 Å². The molecule has 0 fully saturated rings.